The monoisotopic (exact) mass is 432 g/mol. The molecular formula is C18H28N2O6S2. The molecule has 28 heavy (non-hydrogen) atoms. The largest absolute Gasteiger partial charge is 0.450 e. The number of sulfonamides is 1. The zero-order valence-electron chi connectivity index (χ0n) is 16.5. The number of piperidine rings is 1. The number of carbonyl (C=O) groups excluding carboxylic acids is 1. The van der Waals surface area contributed by atoms with Gasteiger partial charge in [-0.1, -0.05) is 13.8 Å². The van der Waals surface area contributed by atoms with Crippen molar-refractivity contribution in [3.8, 4) is 0 Å². The summed E-state index contributed by atoms with van der Waals surface area (Å²) in [6.07, 6.45) is 0.498. The first-order chi connectivity index (χ1) is 13.2. The fraction of sp³-hybridized carbons (Fsp3) is 0.611. The van der Waals surface area contributed by atoms with Crippen molar-refractivity contribution in [2.45, 2.75) is 48.7 Å². The van der Waals surface area contributed by atoms with Gasteiger partial charge in [0, 0.05) is 26.2 Å². The number of carbonyl (C=O) groups is 1. The molecule has 1 aromatic carbocycles. The summed E-state index contributed by atoms with van der Waals surface area (Å²) >= 11 is 0. The van der Waals surface area contributed by atoms with Gasteiger partial charge in [0.15, 0.2) is 9.84 Å². The lowest BCUT2D eigenvalue weighted by Crippen LogP contribution is -2.45. The lowest BCUT2D eigenvalue weighted by atomic mass is 10.1. The number of amides is 1. The van der Waals surface area contributed by atoms with Gasteiger partial charge in [-0.2, -0.15) is 4.31 Å². The van der Waals surface area contributed by atoms with Crippen molar-refractivity contribution in [2.24, 2.45) is 0 Å². The van der Waals surface area contributed by atoms with Crippen LogP contribution < -0.4 is 0 Å². The van der Waals surface area contributed by atoms with Gasteiger partial charge in [-0.15, -0.1) is 0 Å². The Morgan fingerprint density at radius 2 is 1.64 bits per heavy atom. The number of rotatable bonds is 7. The van der Waals surface area contributed by atoms with E-state index in [0.717, 1.165) is 0 Å². The second kappa shape index (κ2) is 9.23. The van der Waals surface area contributed by atoms with E-state index in [1.54, 1.807) is 20.8 Å². The van der Waals surface area contributed by atoms with Crippen molar-refractivity contribution in [3.05, 3.63) is 24.3 Å². The average molecular weight is 433 g/mol. The van der Waals surface area contributed by atoms with Crippen LogP contribution in [0.15, 0.2) is 34.1 Å². The molecule has 1 aliphatic heterocycles. The van der Waals surface area contributed by atoms with E-state index in [1.165, 1.54) is 33.5 Å². The van der Waals surface area contributed by atoms with Crippen molar-refractivity contribution in [3.63, 3.8) is 0 Å². The van der Waals surface area contributed by atoms with Crippen molar-refractivity contribution in [1.29, 1.82) is 0 Å². The zero-order chi connectivity index (χ0) is 20.9. The first-order valence-electron chi connectivity index (χ1n) is 9.44. The van der Waals surface area contributed by atoms with Crippen molar-refractivity contribution in [1.82, 2.24) is 9.21 Å². The molecule has 2 rings (SSSR count). The van der Waals surface area contributed by atoms with Crippen molar-refractivity contribution >= 4 is 26.0 Å². The highest BCUT2D eigenvalue weighted by atomic mass is 32.2. The summed E-state index contributed by atoms with van der Waals surface area (Å²) in [5.74, 6) is 0. The highest BCUT2D eigenvalue weighted by Crippen LogP contribution is 2.26. The fourth-order valence-corrected chi connectivity index (χ4v) is 6.49. The van der Waals surface area contributed by atoms with Crippen LogP contribution in [0.1, 0.15) is 33.6 Å². The number of benzene rings is 1. The molecule has 1 fully saturated rings. The lowest BCUT2D eigenvalue weighted by molar-refractivity contribution is 0.100. The fourth-order valence-electron chi connectivity index (χ4n) is 3.28. The van der Waals surface area contributed by atoms with E-state index in [-0.39, 0.29) is 22.9 Å². The molecule has 1 aromatic rings. The van der Waals surface area contributed by atoms with Gasteiger partial charge in [0.05, 0.1) is 21.6 Å². The molecule has 0 aliphatic carbocycles. The summed E-state index contributed by atoms with van der Waals surface area (Å²) in [6.45, 7) is 6.64. The van der Waals surface area contributed by atoms with Crippen LogP contribution in [0.5, 0.6) is 0 Å². The van der Waals surface area contributed by atoms with Gasteiger partial charge in [-0.25, -0.2) is 21.6 Å². The number of sulfone groups is 1. The van der Waals surface area contributed by atoms with E-state index in [9.17, 15) is 21.6 Å². The number of hydrogen-bond acceptors (Lipinski definition) is 6. The normalized spacial score (nSPS) is 18.3. The molecule has 8 nitrogen and oxygen atoms in total. The number of hydrogen-bond donors (Lipinski definition) is 0. The van der Waals surface area contributed by atoms with E-state index < -0.39 is 31.2 Å². The average Bonchev–Trinajstić information content (AvgIpc) is 2.69. The Kier molecular flexibility index (Phi) is 7.46. The molecular weight excluding hydrogens is 404 g/mol. The molecule has 0 saturated carbocycles. The molecule has 1 amide bonds. The van der Waals surface area contributed by atoms with Gasteiger partial charge in [0.1, 0.15) is 0 Å². The summed E-state index contributed by atoms with van der Waals surface area (Å²) < 4.78 is 57.4. The first-order valence-corrected chi connectivity index (χ1v) is 12.4. The van der Waals surface area contributed by atoms with E-state index >= 15 is 0 Å². The van der Waals surface area contributed by atoms with Crippen LogP contribution in [0.2, 0.25) is 0 Å². The summed E-state index contributed by atoms with van der Waals surface area (Å²) in [4.78, 5) is 13.5. The Hall–Kier alpha value is -1.65. The standard InChI is InChI=1S/C18H28N2O6S2/c1-4-20(5-2)28(24,25)16-11-9-15(10-12-16)27(22,23)17-8-7-13-19(14-17)18(21)26-6-3/h9-12,17H,4-8,13-14H2,1-3H3/t17-/m1/s1. The smallest absolute Gasteiger partial charge is 0.409 e. The quantitative estimate of drug-likeness (QED) is 0.654. The maximum absolute atomic E-state index is 13.0. The molecule has 0 bridgehead atoms. The molecule has 1 saturated heterocycles. The Balaban J connectivity index is 2.23. The second-order valence-corrected chi connectivity index (χ2v) is 10.7. The number of ether oxygens (including phenoxy) is 1. The van der Waals surface area contributed by atoms with Gasteiger partial charge in [-0.05, 0) is 44.0 Å². The predicted molar refractivity (Wildman–Crippen MR) is 105 cm³/mol. The molecule has 0 unspecified atom stereocenters. The summed E-state index contributed by atoms with van der Waals surface area (Å²) in [5, 5.41) is -0.740. The molecule has 1 atom stereocenters. The van der Waals surface area contributed by atoms with Crippen LogP contribution >= 0.6 is 0 Å². The molecule has 0 N–H and O–H groups in total. The minimum atomic E-state index is -3.69. The maximum atomic E-state index is 13.0. The zero-order valence-corrected chi connectivity index (χ0v) is 18.1. The van der Waals surface area contributed by atoms with Gasteiger partial charge < -0.3 is 9.64 Å². The van der Waals surface area contributed by atoms with Crippen LogP contribution in [-0.2, 0) is 24.6 Å². The summed E-state index contributed by atoms with van der Waals surface area (Å²) in [6, 6.07) is 5.31. The Labute approximate surface area is 167 Å². The number of likely N-dealkylation sites (tertiary alicyclic amines) is 1. The molecule has 0 aromatic heterocycles. The van der Waals surface area contributed by atoms with Crippen LogP contribution in [-0.4, -0.2) is 70.2 Å². The topological polar surface area (TPSA) is 101 Å². The first kappa shape index (κ1) is 22.6. The minimum absolute atomic E-state index is 0.0571. The van der Waals surface area contributed by atoms with E-state index in [0.29, 0.717) is 32.5 Å². The van der Waals surface area contributed by atoms with E-state index in [1.807, 2.05) is 0 Å². The van der Waals surface area contributed by atoms with E-state index in [4.69, 9.17) is 4.74 Å². The molecule has 0 radical (unpaired) electrons. The Morgan fingerprint density at radius 3 is 2.18 bits per heavy atom. The third kappa shape index (κ3) is 4.66. The van der Waals surface area contributed by atoms with Gasteiger partial charge in [0.2, 0.25) is 10.0 Å². The van der Waals surface area contributed by atoms with E-state index in [2.05, 4.69) is 0 Å². The van der Waals surface area contributed by atoms with Gasteiger partial charge in [0.25, 0.3) is 0 Å². The highest BCUT2D eigenvalue weighted by molar-refractivity contribution is 7.92. The van der Waals surface area contributed by atoms with Gasteiger partial charge in [-0.3, -0.25) is 0 Å². The predicted octanol–water partition coefficient (Wildman–Crippen LogP) is 2.11. The van der Waals surface area contributed by atoms with Crippen LogP contribution in [0.4, 0.5) is 4.79 Å². The van der Waals surface area contributed by atoms with Crippen molar-refractivity contribution in [2.75, 3.05) is 32.8 Å². The minimum Gasteiger partial charge on any atom is -0.450 e. The Bertz CT molecular complexity index is 877. The Morgan fingerprint density at radius 1 is 1.07 bits per heavy atom. The summed E-state index contributed by atoms with van der Waals surface area (Å²) in [7, 11) is -7.34. The SMILES string of the molecule is CCOC(=O)N1CCC[C@@H](S(=O)(=O)c2ccc(S(=O)(=O)N(CC)CC)cc2)C1. The van der Waals surface area contributed by atoms with Crippen LogP contribution in [0, 0.1) is 0 Å². The maximum Gasteiger partial charge on any atom is 0.409 e. The molecule has 1 aliphatic rings. The third-order valence-electron chi connectivity index (χ3n) is 4.84. The van der Waals surface area contributed by atoms with Crippen LogP contribution in [0.25, 0.3) is 0 Å². The molecule has 158 valence electrons. The molecule has 0 spiro atoms. The summed E-state index contributed by atoms with van der Waals surface area (Å²) in [5.41, 5.74) is 0. The third-order valence-corrected chi connectivity index (χ3v) is 9.09. The highest BCUT2D eigenvalue weighted by Gasteiger charge is 2.34. The van der Waals surface area contributed by atoms with Crippen molar-refractivity contribution < 1.29 is 26.4 Å². The van der Waals surface area contributed by atoms with Crippen LogP contribution in [0.3, 0.4) is 0 Å². The lowest BCUT2D eigenvalue weighted by Gasteiger charge is -2.31. The van der Waals surface area contributed by atoms with Gasteiger partial charge >= 0.3 is 6.09 Å². The molecule has 1 heterocycles. The molecule has 10 heteroatoms. The number of nitrogens with zero attached hydrogens (tertiary/aromatic N) is 2. The second-order valence-electron chi connectivity index (χ2n) is 6.51.